The molecule has 0 bridgehead atoms. The summed E-state index contributed by atoms with van der Waals surface area (Å²) in [6.45, 7) is 0. The first kappa shape index (κ1) is 14.7. The fourth-order valence-electron chi connectivity index (χ4n) is 1.90. The number of rotatable bonds is 3. The van der Waals surface area contributed by atoms with Gasteiger partial charge in [-0.25, -0.2) is 14.8 Å². The maximum absolute atomic E-state index is 12.3. The largest absolute Gasteiger partial charge is 0.419 e. The molecular formula is C15H10ClN3O2S. The maximum atomic E-state index is 12.3. The molecule has 0 N–H and O–H groups in total. The van der Waals surface area contributed by atoms with Crippen LogP contribution >= 0.6 is 23.4 Å². The second-order valence-electron chi connectivity index (χ2n) is 4.27. The average molecular weight is 332 g/mol. The molecule has 5 nitrogen and oxygen atoms in total. The molecule has 0 saturated heterocycles. The molecule has 2 heterocycles. The minimum absolute atomic E-state index is 0.0361. The van der Waals surface area contributed by atoms with Crippen LogP contribution in [0.5, 0.6) is 5.75 Å². The number of carbonyl (C=O) groups is 1. The smallest absolute Gasteiger partial charge is 0.364 e. The quantitative estimate of drug-likeness (QED) is 0.316. The number of para-hydroxylation sites is 1. The number of fused-ring (bicyclic) bond motifs is 1. The second kappa shape index (κ2) is 6.29. The fraction of sp³-hybridized carbons (Fsp3) is 0.0667. The zero-order valence-electron chi connectivity index (χ0n) is 11.5. The van der Waals surface area contributed by atoms with Gasteiger partial charge in [-0.2, -0.15) is 0 Å². The highest BCUT2D eigenvalue weighted by Crippen LogP contribution is 2.25. The van der Waals surface area contributed by atoms with Crippen molar-refractivity contribution in [3.8, 4) is 5.75 Å². The van der Waals surface area contributed by atoms with E-state index in [9.17, 15) is 4.79 Å². The van der Waals surface area contributed by atoms with E-state index in [4.69, 9.17) is 16.3 Å². The van der Waals surface area contributed by atoms with Gasteiger partial charge in [-0.1, -0.05) is 41.6 Å². The monoisotopic (exact) mass is 331 g/mol. The highest BCUT2D eigenvalue weighted by atomic mass is 35.5. The van der Waals surface area contributed by atoms with Crippen LogP contribution in [0.4, 0.5) is 0 Å². The number of nitrogens with zero attached hydrogens (tertiary/aromatic N) is 3. The first-order chi connectivity index (χ1) is 10.7. The van der Waals surface area contributed by atoms with Crippen LogP contribution < -0.4 is 4.74 Å². The lowest BCUT2D eigenvalue weighted by Gasteiger charge is -2.07. The lowest BCUT2D eigenvalue weighted by atomic mass is 10.2. The number of esters is 1. The molecule has 0 fully saturated rings. The van der Waals surface area contributed by atoms with E-state index in [-0.39, 0.29) is 10.7 Å². The van der Waals surface area contributed by atoms with E-state index in [1.807, 2.05) is 24.5 Å². The summed E-state index contributed by atoms with van der Waals surface area (Å²) < 4.78 is 5.41. The highest BCUT2D eigenvalue weighted by molar-refractivity contribution is 7.98. The van der Waals surface area contributed by atoms with Crippen LogP contribution in [0.25, 0.3) is 10.9 Å². The molecule has 2 aromatic heterocycles. The molecule has 0 aliphatic carbocycles. The van der Waals surface area contributed by atoms with Crippen LogP contribution in [0, 0.1) is 0 Å². The minimum atomic E-state index is -0.638. The van der Waals surface area contributed by atoms with E-state index < -0.39 is 5.97 Å². The van der Waals surface area contributed by atoms with Crippen molar-refractivity contribution in [2.24, 2.45) is 0 Å². The summed E-state index contributed by atoms with van der Waals surface area (Å²) in [5.41, 5.74) is 0.641. The molecule has 1 aromatic carbocycles. The fourth-order valence-corrected chi connectivity index (χ4v) is 2.41. The van der Waals surface area contributed by atoms with Crippen molar-refractivity contribution < 1.29 is 9.53 Å². The van der Waals surface area contributed by atoms with Crippen LogP contribution in [0.2, 0.25) is 5.02 Å². The summed E-state index contributed by atoms with van der Waals surface area (Å²) in [7, 11) is 0. The molecule has 0 spiro atoms. The minimum Gasteiger partial charge on any atom is -0.419 e. The molecule has 0 aliphatic rings. The standard InChI is InChI=1S/C15H10ClN3O2S/c1-22-15-18-8-10(16)13(19-15)14(20)21-11-6-2-4-9-5-3-7-17-12(9)11/h2-8H,1H3. The number of pyridine rings is 1. The summed E-state index contributed by atoms with van der Waals surface area (Å²) in [6, 6.07) is 9.08. The van der Waals surface area contributed by atoms with Crippen molar-refractivity contribution in [2.45, 2.75) is 5.16 Å². The summed E-state index contributed by atoms with van der Waals surface area (Å²) in [6.07, 6.45) is 4.84. The van der Waals surface area contributed by atoms with Gasteiger partial charge in [0.05, 0.1) is 11.2 Å². The molecule has 110 valence electrons. The van der Waals surface area contributed by atoms with E-state index in [0.717, 1.165) is 5.39 Å². The highest BCUT2D eigenvalue weighted by Gasteiger charge is 2.17. The number of aromatic nitrogens is 3. The van der Waals surface area contributed by atoms with Crippen molar-refractivity contribution in [1.29, 1.82) is 0 Å². The van der Waals surface area contributed by atoms with E-state index in [1.54, 1.807) is 18.3 Å². The molecule has 22 heavy (non-hydrogen) atoms. The molecule has 0 atom stereocenters. The lowest BCUT2D eigenvalue weighted by molar-refractivity contribution is 0.0729. The van der Waals surface area contributed by atoms with Gasteiger partial charge in [0.1, 0.15) is 5.52 Å². The van der Waals surface area contributed by atoms with Gasteiger partial charge in [-0.3, -0.25) is 4.98 Å². The van der Waals surface area contributed by atoms with Gasteiger partial charge in [-0.15, -0.1) is 0 Å². The molecule has 7 heteroatoms. The van der Waals surface area contributed by atoms with E-state index in [0.29, 0.717) is 16.4 Å². The number of halogens is 1. The number of thioether (sulfide) groups is 1. The van der Waals surface area contributed by atoms with Gasteiger partial charge < -0.3 is 4.74 Å². The van der Waals surface area contributed by atoms with E-state index in [1.165, 1.54) is 18.0 Å². The van der Waals surface area contributed by atoms with Crippen LogP contribution in [0.1, 0.15) is 10.5 Å². The predicted octanol–water partition coefficient (Wildman–Crippen LogP) is 3.62. The Labute approximate surface area is 135 Å². The van der Waals surface area contributed by atoms with Gasteiger partial charge >= 0.3 is 5.97 Å². The first-order valence-electron chi connectivity index (χ1n) is 6.31. The van der Waals surface area contributed by atoms with Gasteiger partial charge in [0.25, 0.3) is 0 Å². The normalized spacial score (nSPS) is 10.6. The third-order valence-corrected chi connectivity index (χ3v) is 3.73. The number of hydrogen-bond donors (Lipinski definition) is 0. The predicted molar refractivity (Wildman–Crippen MR) is 85.5 cm³/mol. The molecule has 3 aromatic rings. The van der Waals surface area contributed by atoms with Crippen LogP contribution in [-0.2, 0) is 0 Å². The maximum Gasteiger partial charge on any atom is 0.364 e. The number of ether oxygens (including phenoxy) is 1. The summed E-state index contributed by atoms with van der Waals surface area (Å²) in [5.74, 6) is -0.274. The van der Waals surface area contributed by atoms with Crippen LogP contribution in [0.3, 0.4) is 0 Å². The third-order valence-electron chi connectivity index (χ3n) is 2.90. The molecule has 0 saturated carbocycles. The zero-order valence-corrected chi connectivity index (χ0v) is 13.1. The Morgan fingerprint density at radius 1 is 1.23 bits per heavy atom. The van der Waals surface area contributed by atoms with Crippen molar-refractivity contribution in [1.82, 2.24) is 15.0 Å². The molecule has 0 unspecified atom stereocenters. The molecule has 0 aliphatic heterocycles. The lowest BCUT2D eigenvalue weighted by Crippen LogP contribution is -2.12. The van der Waals surface area contributed by atoms with Crippen molar-refractivity contribution in [3.05, 3.63) is 53.4 Å². The second-order valence-corrected chi connectivity index (χ2v) is 5.45. The molecular weight excluding hydrogens is 322 g/mol. The Kier molecular flexibility index (Phi) is 4.22. The molecule has 0 radical (unpaired) electrons. The van der Waals surface area contributed by atoms with Crippen molar-refractivity contribution >= 4 is 40.2 Å². The zero-order chi connectivity index (χ0) is 15.5. The molecule has 0 amide bonds. The SMILES string of the molecule is CSc1ncc(Cl)c(C(=O)Oc2cccc3cccnc23)n1. The van der Waals surface area contributed by atoms with Gasteiger partial charge in [0.2, 0.25) is 0 Å². The van der Waals surface area contributed by atoms with E-state index >= 15 is 0 Å². The van der Waals surface area contributed by atoms with Crippen LogP contribution in [-0.4, -0.2) is 27.2 Å². The van der Waals surface area contributed by atoms with Crippen molar-refractivity contribution in [2.75, 3.05) is 6.26 Å². The van der Waals surface area contributed by atoms with Crippen LogP contribution in [0.15, 0.2) is 47.9 Å². The summed E-state index contributed by atoms with van der Waals surface area (Å²) in [5, 5.41) is 1.48. The molecule has 3 rings (SSSR count). The Balaban J connectivity index is 1.97. The Morgan fingerprint density at radius 3 is 2.86 bits per heavy atom. The number of hydrogen-bond acceptors (Lipinski definition) is 6. The average Bonchev–Trinajstić information content (AvgIpc) is 2.55. The van der Waals surface area contributed by atoms with Gasteiger partial charge in [-0.05, 0) is 18.4 Å². The van der Waals surface area contributed by atoms with Gasteiger partial charge in [0.15, 0.2) is 16.6 Å². The summed E-state index contributed by atoms with van der Waals surface area (Å²) >= 11 is 7.30. The van der Waals surface area contributed by atoms with Gasteiger partial charge in [0, 0.05) is 11.6 Å². The summed E-state index contributed by atoms with van der Waals surface area (Å²) in [4.78, 5) is 24.6. The Morgan fingerprint density at radius 2 is 2.05 bits per heavy atom. The van der Waals surface area contributed by atoms with Crippen molar-refractivity contribution in [3.63, 3.8) is 0 Å². The number of benzene rings is 1. The number of carbonyl (C=O) groups excluding carboxylic acids is 1. The third kappa shape index (κ3) is 2.88. The Hall–Kier alpha value is -2.18. The van der Waals surface area contributed by atoms with E-state index in [2.05, 4.69) is 15.0 Å². The first-order valence-corrected chi connectivity index (χ1v) is 7.92. The Bertz CT molecular complexity index is 852. The topological polar surface area (TPSA) is 65.0 Å².